The van der Waals surface area contributed by atoms with E-state index in [4.69, 9.17) is 4.52 Å². The molecule has 1 unspecified atom stereocenters. The predicted octanol–water partition coefficient (Wildman–Crippen LogP) is 3.27. The lowest BCUT2D eigenvalue weighted by atomic mass is 10.5. The van der Waals surface area contributed by atoms with E-state index < -0.39 is 19.7 Å². The molecule has 0 rings (SSSR count). The standard InChI is InChI=1S/C7H14F3O2P/c1-3-5-12-13(11,4-2)6-7(8,9)10/h3-6H2,1-2H3. The van der Waals surface area contributed by atoms with Gasteiger partial charge in [-0.3, -0.25) is 4.57 Å². The SMILES string of the molecule is CCCOP(=O)(CC)CC(F)(F)F. The average Bonchev–Trinajstić information content (AvgIpc) is 1.98. The number of halogens is 3. The van der Waals surface area contributed by atoms with Crippen LogP contribution in [0.4, 0.5) is 13.2 Å². The van der Waals surface area contributed by atoms with E-state index in [2.05, 4.69) is 0 Å². The van der Waals surface area contributed by atoms with Gasteiger partial charge < -0.3 is 4.52 Å². The Kier molecular flexibility index (Phi) is 5.00. The van der Waals surface area contributed by atoms with Crippen LogP contribution in [0.25, 0.3) is 0 Å². The van der Waals surface area contributed by atoms with E-state index >= 15 is 0 Å². The van der Waals surface area contributed by atoms with Gasteiger partial charge in [-0.1, -0.05) is 13.8 Å². The van der Waals surface area contributed by atoms with E-state index in [0.717, 1.165) is 0 Å². The summed E-state index contributed by atoms with van der Waals surface area (Å²) in [7, 11) is -3.46. The van der Waals surface area contributed by atoms with Crippen LogP contribution < -0.4 is 0 Å². The molecular formula is C7H14F3O2P. The van der Waals surface area contributed by atoms with Gasteiger partial charge in [-0.25, -0.2) is 0 Å². The van der Waals surface area contributed by atoms with E-state index in [1.165, 1.54) is 6.92 Å². The molecule has 0 heterocycles. The first kappa shape index (κ1) is 13.0. The van der Waals surface area contributed by atoms with Crippen molar-refractivity contribution >= 4 is 7.37 Å². The van der Waals surface area contributed by atoms with Gasteiger partial charge in [0.2, 0.25) is 7.37 Å². The highest BCUT2D eigenvalue weighted by molar-refractivity contribution is 7.59. The van der Waals surface area contributed by atoms with E-state index in [1.54, 1.807) is 6.92 Å². The van der Waals surface area contributed by atoms with Crippen LogP contribution in [0.5, 0.6) is 0 Å². The molecule has 0 radical (unpaired) electrons. The Bertz CT molecular complexity index is 191. The van der Waals surface area contributed by atoms with Crippen molar-refractivity contribution in [2.45, 2.75) is 26.4 Å². The summed E-state index contributed by atoms with van der Waals surface area (Å²) in [4.78, 5) is 0. The van der Waals surface area contributed by atoms with Gasteiger partial charge in [-0.2, -0.15) is 13.2 Å². The summed E-state index contributed by atoms with van der Waals surface area (Å²) >= 11 is 0. The summed E-state index contributed by atoms with van der Waals surface area (Å²) in [5.41, 5.74) is 0. The second-order valence-electron chi connectivity index (χ2n) is 2.74. The smallest absolute Gasteiger partial charge is 0.328 e. The fourth-order valence-corrected chi connectivity index (χ4v) is 2.34. The minimum atomic E-state index is -4.40. The van der Waals surface area contributed by atoms with Crippen LogP contribution >= 0.6 is 7.37 Å². The highest BCUT2D eigenvalue weighted by Crippen LogP contribution is 2.50. The van der Waals surface area contributed by atoms with Crippen LogP contribution in [0.3, 0.4) is 0 Å². The molecule has 0 aliphatic heterocycles. The molecule has 0 bridgehead atoms. The zero-order valence-electron chi connectivity index (χ0n) is 7.73. The van der Waals surface area contributed by atoms with Crippen LogP contribution in [0.1, 0.15) is 20.3 Å². The van der Waals surface area contributed by atoms with Gasteiger partial charge in [0.1, 0.15) is 6.16 Å². The van der Waals surface area contributed by atoms with Crippen molar-refractivity contribution in [1.82, 2.24) is 0 Å². The maximum absolute atomic E-state index is 11.9. The van der Waals surface area contributed by atoms with E-state index in [9.17, 15) is 17.7 Å². The average molecular weight is 218 g/mol. The van der Waals surface area contributed by atoms with Crippen LogP contribution in [0.15, 0.2) is 0 Å². The minimum absolute atomic E-state index is 0.0630. The summed E-state index contributed by atoms with van der Waals surface area (Å²) in [5.74, 6) is 0. The molecule has 13 heavy (non-hydrogen) atoms. The molecule has 0 aliphatic rings. The molecule has 0 saturated heterocycles. The molecule has 0 aromatic rings. The molecule has 0 aromatic heterocycles. The number of hydrogen-bond acceptors (Lipinski definition) is 2. The summed E-state index contributed by atoms with van der Waals surface area (Å²) in [6.07, 6.45) is -5.20. The first-order chi connectivity index (χ1) is 5.83. The number of hydrogen-bond donors (Lipinski definition) is 0. The van der Waals surface area contributed by atoms with Crippen LogP contribution in [0.2, 0.25) is 0 Å². The molecule has 0 aromatic carbocycles. The van der Waals surface area contributed by atoms with Gasteiger partial charge in [0, 0.05) is 6.16 Å². The Balaban J connectivity index is 4.20. The molecule has 0 saturated carbocycles. The second kappa shape index (κ2) is 5.01. The van der Waals surface area contributed by atoms with Crippen molar-refractivity contribution < 1.29 is 22.3 Å². The lowest BCUT2D eigenvalue weighted by Gasteiger charge is -2.17. The maximum atomic E-state index is 11.9. The summed E-state index contributed by atoms with van der Waals surface area (Å²) < 4.78 is 51.9. The number of alkyl halides is 3. The normalized spacial score (nSPS) is 17.0. The Hall–Kier alpha value is -0.0200. The van der Waals surface area contributed by atoms with Crippen molar-refractivity contribution in [1.29, 1.82) is 0 Å². The van der Waals surface area contributed by atoms with Crippen LogP contribution in [-0.4, -0.2) is 25.1 Å². The first-order valence-corrected chi connectivity index (χ1v) is 6.12. The fraction of sp³-hybridized carbons (Fsp3) is 1.00. The van der Waals surface area contributed by atoms with Crippen LogP contribution in [0, 0.1) is 0 Å². The number of rotatable bonds is 5. The van der Waals surface area contributed by atoms with Gasteiger partial charge in [0.25, 0.3) is 0 Å². The fourth-order valence-electron chi connectivity index (χ4n) is 0.780. The third-order valence-electron chi connectivity index (χ3n) is 1.43. The van der Waals surface area contributed by atoms with Gasteiger partial charge in [0.05, 0.1) is 6.61 Å². The maximum Gasteiger partial charge on any atom is 0.397 e. The summed E-state index contributed by atoms with van der Waals surface area (Å²) in [6, 6.07) is 0. The van der Waals surface area contributed by atoms with E-state index in [-0.39, 0.29) is 12.8 Å². The third-order valence-corrected chi connectivity index (χ3v) is 3.89. The first-order valence-electron chi connectivity index (χ1n) is 4.12. The molecule has 1 atom stereocenters. The predicted molar refractivity (Wildman–Crippen MR) is 45.3 cm³/mol. The summed E-state index contributed by atoms with van der Waals surface area (Å²) in [5, 5.41) is 0. The van der Waals surface area contributed by atoms with Gasteiger partial charge >= 0.3 is 6.18 Å². The highest BCUT2D eigenvalue weighted by Gasteiger charge is 2.38. The molecule has 0 fully saturated rings. The molecule has 0 amide bonds. The van der Waals surface area contributed by atoms with Crippen molar-refractivity contribution in [2.24, 2.45) is 0 Å². The van der Waals surface area contributed by atoms with E-state index in [1.807, 2.05) is 0 Å². The van der Waals surface area contributed by atoms with Gasteiger partial charge in [-0.05, 0) is 6.42 Å². The Morgan fingerprint density at radius 3 is 2.15 bits per heavy atom. The molecular weight excluding hydrogens is 204 g/mol. The molecule has 0 aliphatic carbocycles. The molecule has 0 spiro atoms. The zero-order valence-corrected chi connectivity index (χ0v) is 8.62. The lowest BCUT2D eigenvalue weighted by Crippen LogP contribution is -2.16. The van der Waals surface area contributed by atoms with Crippen molar-refractivity contribution in [3.05, 3.63) is 0 Å². The third kappa shape index (κ3) is 6.11. The lowest BCUT2D eigenvalue weighted by molar-refractivity contribution is -0.108. The second-order valence-corrected chi connectivity index (χ2v) is 5.57. The molecule has 6 heteroatoms. The zero-order chi connectivity index (χ0) is 10.5. The van der Waals surface area contributed by atoms with E-state index in [0.29, 0.717) is 6.42 Å². The van der Waals surface area contributed by atoms with Gasteiger partial charge in [-0.15, -0.1) is 0 Å². The van der Waals surface area contributed by atoms with Gasteiger partial charge in [0.15, 0.2) is 0 Å². The molecule has 0 N–H and O–H groups in total. The van der Waals surface area contributed by atoms with Crippen molar-refractivity contribution in [3.8, 4) is 0 Å². The molecule has 2 nitrogen and oxygen atoms in total. The highest BCUT2D eigenvalue weighted by atomic mass is 31.2. The van der Waals surface area contributed by atoms with Crippen LogP contribution in [-0.2, 0) is 9.09 Å². The Labute approximate surface area is 75.9 Å². The Morgan fingerprint density at radius 1 is 1.31 bits per heavy atom. The monoisotopic (exact) mass is 218 g/mol. The largest absolute Gasteiger partial charge is 0.397 e. The van der Waals surface area contributed by atoms with Crippen molar-refractivity contribution in [2.75, 3.05) is 18.9 Å². The topological polar surface area (TPSA) is 26.3 Å². The summed E-state index contributed by atoms with van der Waals surface area (Å²) in [6.45, 7) is 3.33. The Morgan fingerprint density at radius 2 is 1.85 bits per heavy atom. The minimum Gasteiger partial charge on any atom is -0.328 e. The van der Waals surface area contributed by atoms with Crippen molar-refractivity contribution in [3.63, 3.8) is 0 Å². The molecule has 80 valence electrons. The quantitative estimate of drug-likeness (QED) is 0.662.